The lowest BCUT2D eigenvalue weighted by Gasteiger charge is -2.10. The Kier molecular flexibility index (Phi) is 4.70. The second-order valence-electron chi connectivity index (χ2n) is 4.40. The van der Waals surface area contributed by atoms with Crippen LogP contribution in [0.15, 0.2) is 42.5 Å². The molecule has 2 N–H and O–H groups in total. The van der Waals surface area contributed by atoms with Gasteiger partial charge in [-0.25, -0.2) is 0 Å². The second kappa shape index (κ2) is 6.29. The summed E-state index contributed by atoms with van der Waals surface area (Å²) in [5.74, 6) is 0.792. The van der Waals surface area contributed by atoms with Crippen molar-refractivity contribution in [1.29, 1.82) is 0 Å². The van der Waals surface area contributed by atoms with Crippen LogP contribution in [0.5, 0.6) is 5.75 Å². The maximum Gasteiger partial charge on any atom is 0.120 e. The average Bonchev–Trinajstić information content (AvgIpc) is 2.40. The second-order valence-corrected chi connectivity index (χ2v) is 5.21. The van der Waals surface area contributed by atoms with Gasteiger partial charge >= 0.3 is 0 Å². The lowest BCUT2D eigenvalue weighted by molar-refractivity contribution is 0.306. The third-order valence-corrected chi connectivity index (χ3v) is 3.51. The predicted molar refractivity (Wildman–Crippen MR) is 79.8 cm³/mol. The number of hydrogen-bond acceptors (Lipinski definition) is 2. The SMILES string of the molecule is CC(N)c1cccc(OCc2ccc(Cl)c(Cl)c2)c1. The molecule has 0 aliphatic heterocycles. The zero-order chi connectivity index (χ0) is 13.8. The predicted octanol–water partition coefficient (Wildman–Crippen LogP) is 4.59. The molecular formula is C15H15Cl2NO. The van der Waals surface area contributed by atoms with Crippen molar-refractivity contribution >= 4 is 23.2 Å². The molecule has 0 spiro atoms. The van der Waals surface area contributed by atoms with Crippen molar-refractivity contribution < 1.29 is 4.74 Å². The van der Waals surface area contributed by atoms with E-state index in [1.54, 1.807) is 12.1 Å². The van der Waals surface area contributed by atoms with Crippen molar-refractivity contribution in [2.75, 3.05) is 0 Å². The van der Waals surface area contributed by atoms with E-state index in [-0.39, 0.29) is 6.04 Å². The summed E-state index contributed by atoms with van der Waals surface area (Å²) in [5, 5.41) is 1.08. The molecule has 2 aromatic rings. The molecular weight excluding hydrogens is 281 g/mol. The maximum absolute atomic E-state index is 5.96. The fraction of sp³-hybridized carbons (Fsp3) is 0.200. The van der Waals surface area contributed by atoms with Crippen LogP contribution in [0.3, 0.4) is 0 Å². The average molecular weight is 296 g/mol. The highest BCUT2D eigenvalue weighted by Crippen LogP contribution is 2.24. The van der Waals surface area contributed by atoms with Crippen LogP contribution in [0.2, 0.25) is 10.0 Å². The maximum atomic E-state index is 5.96. The largest absolute Gasteiger partial charge is 0.489 e. The highest BCUT2D eigenvalue weighted by molar-refractivity contribution is 6.42. The summed E-state index contributed by atoms with van der Waals surface area (Å²) in [5.41, 5.74) is 7.86. The Balaban J connectivity index is 2.05. The van der Waals surface area contributed by atoms with E-state index in [1.807, 2.05) is 37.3 Å². The standard InChI is InChI=1S/C15H15Cl2NO/c1-10(18)12-3-2-4-13(8-12)19-9-11-5-6-14(16)15(17)7-11/h2-8,10H,9,18H2,1H3. The highest BCUT2D eigenvalue weighted by Gasteiger charge is 2.03. The highest BCUT2D eigenvalue weighted by atomic mass is 35.5. The third kappa shape index (κ3) is 3.87. The molecule has 0 saturated heterocycles. The van der Waals surface area contributed by atoms with Crippen LogP contribution in [0, 0.1) is 0 Å². The first-order valence-corrected chi connectivity index (χ1v) is 6.74. The van der Waals surface area contributed by atoms with E-state index < -0.39 is 0 Å². The minimum absolute atomic E-state index is 0.00599. The Morgan fingerprint density at radius 1 is 1.11 bits per heavy atom. The molecule has 0 saturated carbocycles. The number of ether oxygens (including phenoxy) is 1. The molecule has 2 aromatic carbocycles. The first-order chi connectivity index (χ1) is 9.06. The van der Waals surface area contributed by atoms with Crippen molar-refractivity contribution in [2.24, 2.45) is 5.73 Å². The Morgan fingerprint density at radius 2 is 1.89 bits per heavy atom. The Labute approximate surface area is 123 Å². The first kappa shape index (κ1) is 14.2. The van der Waals surface area contributed by atoms with Crippen molar-refractivity contribution in [1.82, 2.24) is 0 Å². The van der Waals surface area contributed by atoms with E-state index in [1.165, 1.54) is 0 Å². The number of hydrogen-bond donors (Lipinski definition) is 1. The molecule has 19 heavy (non-hydrogen) atoms. The van der Waals surface area contributed by atoms with Gasteiger partial charge in [0.2, 0.25) is 0 Å². The summed E-state index contributed by atoms with van der Waals surface area (Å²) in [6.45, 7) is 2.39. The van der Waals surface area contributed by atoms with Gasteiger partial charge in [0, 0.05) is 6.04 Å². The molecule has 0 aliphatic carbocycles. The van der Waals surface area contributed by atoms with Crippen LogP contribution < -0.4 is 10.5 Å². The minimum atomic E-state index is -0.00599. The van der Waals surface area contributed by atoms with E-state index in [4.69, 9.17) is 33.7 Å². The van der Waals surface area contributed by atoms with Gasteiger partial charge in [-0.3, -0.25) is 0 Å². The lowest BCUT2D eigenvalue weighted by Crippen LogP contribution is -2.05. The Hall–Kier alpha value is -1.22. The Morgan fingerprint density at radius 3 is 2.58 bits per heavy atom. The summed E-state index contributed by atoms with van der Waals surface area (Å²) < 4.78 is 5.72. The van der Waals surface area contributed by atoms with Crippen LogP contribution in [0.4, 0.5) is 0 Å². The van der Waals surface area contributed by atoms with Gasteiger partial charge in [-0.2, -0.15) is 0 Å². The van der Waals surface area contributed by atoms with Crippen molar-refractivity contribution in [3.63, 3.8) is 0 Å². The molecule has 0 fully saturated rings. The molecule has 2 nitrogen and oxygen atoms in total. The normalized spacial score (nSPS) is 12.2. The van der Waals surface area contributed by atoms with Gasteiger partial charge < -0.3 is 10.5 Å². The topological polar surface area (TPSA) is 35.2 Å². The molecule has 0 bridgehead atoms. The Bertz CT molecular complexity index is 570. The van der Waals surface area contributed by atoms with Crippen LogP contribution in [-0.2, 0) is 6.61 Å². The summed E-state index contributed by atoms with van der Waals surface area (Å²) >= 11 is 11.8. The summed E-state index contributed by atoms with van der Waals surface area (Å²) in [7, 11) is 0. The smallest absolute Gasteiger partial charge is 0.120 e. The van der Waals surface area contributed by atoms with Crippen molar-refractivity contribution in [3.8, 4) is 5.75 Å². The zero-order valence-corrected chi connectivity index (χ0v) is 12.1. The number of rotatable bonds is 4. The van der Waals surface area contributed by atoms with Gasteiger partial charge in [-0.05, 0) is 42.3 Å². The third-order valence-electron chi connectivity index (χ3n) is 2.77. The van der Waals surface area contributed by atoms with E-state index in [9.17, 15) is 0 Å². The van der Waals surface area contributed by atoms with E-state index in [0.717, 1.165) is 16.9 Å². The molecule has 0 heterocycles. The van der Waals surface area contributed by atoms with Crippen molar-refractivity contribution in [2.45, 2.75) is 19.6 Å². The summed E-state index contributed by atoms with van der Waals surface area (Å²) in [4.78, 5) is 0. The summed E-state index contributed by atoms with van der Waals surface area (Å²) in [6.07, 6.45) is 0. The van der Waals surface area contributed by atoms with Gasteiger partial charge in [-0.15, -0.1) is 0 Å². The number of benzene rings is 2. The molecule has 0 radical (unpaired) electrons. The quantitative estimate of drug-likeness (QED) is 0.895. The minimum Gasteiger partial charge on any atom is -0.489 e. The fourth-order valence-electron chi connectivity index (χ4n) is 1.68. The first-order valence-electron chi connectivity index (χ1n) is 5.98. The molecule has 0 aromatic heterocycles. The number of halogens is 2. The van der Waals surface area contributed by atoms with Gasteiger partial charge in [0.05, 0.1) is 10.0 Å². The van der Waals surface area contributed by atoms with Gasteiger partial charge in [0.25, 0.3) is 0 Å². The lowest BCUT2D eigenvalue weighted by atomic mass is 10.1. The van der Waals surface area contributed by atoms with Gasteiger partial charge in [-0.1, -0.05) is 41.4 Å². The molecule has 1 unspecified atom stereocenters. The van der Waals surface area contributed by atoms with E-state index >= 15 is 0 Å². The van der Waals surface area contributed by atoms with Crippen LogP contribution in [0.1, 0.15) is 24.1 Å². The van der Waals surface area contributed by atoms with Crippen LogP contribution in [-0.4, -0.2) is 0 Å². The molecule has 0 aliphatic rings. The van der Waals surface area contributed by atoms with E-state index in [0.29, 0.717) is 16.7 Å². The fourth-order valence-corrected chi connectivity index (χ4v) is 2.00. The van der Waals surface area contributed by atoms with Crippen LogP contribution >= 0.6 is 23.2 Å². The molecule has 1 atom stereocenters. The molecule has 2 rings (SSSR count). The summed E-state index contributed by atoms with van der Waals surface area (Å²) in [6, 6.07) is 13.2. The molecule has 4 heteroatoms. The van der Waals surface area contributed by atoms with Crippen LogP contribution in [0.25, 0.3) is 0 Å². The zero-order valence-electron chi connectivity index (χ0n) is 10.6. The number of nitrogens with two attached hydrogens (primary N) is 1. The van der Waals surface area contributed by atoms with Crippen molar-refractivity contribution in [3.05, 3.63) is 63.6 Å². The van der Waals surface area contributed by atoms with E-state index in [2.05, 4.69) is 0 Å². The molecule has 0 amide bonds. The van der Waals surface area contributed by atoms with Gasteiger partial charge in [0.1, 0.15) is 12.4 Å². The van der Waals surface area contributed by atoms with Gasteiger partial charge in [0.15, 0.2) is 0 Å². The monoisotopic (exact) mass is 295 g/mol. The molecule has 100 valence electrons.